The highest BCUT2D eigenvalue weighted by molar-refractivity contribution is 7.53. The molecule has 0 aromatic carbocycles. The largest absolute Gasteiger partial charge is 0.465 e. The van der Waals surface area contributed by atoms with E-state index in [2.05, 4.69) is 0 Å². The second-order valence-electron chi connectivity index (χ2n) is 4.37. The lowest BCUT2D eigenvalue weighted by Crippen LogP contribution is -2.16. The second-order valence-corrected chi connectivity index (χ2v) is 6.48. The molecule has 0 unspecified atom stereocenters. The number of hydrogen-bond acceptors (Lipinski definition) is 6. The van der Waals surface area contributed by atoms with Crippen molar-refractivity contribution in [3.63, 3.8) is 0 Å². The Morgan fingerprint density at radius 1 is 1.29 bits per heavy atom. The number of esters is 1. The molecule has 1 heterocycles. The molecule has 0 fully saturated rings. The summed E-state index contributed by atoms with van der Waals surface area (Å²) >= 11 is 0. The van der Waals surface area contributed by atoms with E-state index in [-0.39, 0.29) is 25.3 Å². The molecule has 0 amide bonds. The van der Waals surface area contributed by atoms with Crippen LogP contribution in [0.2, 0.25) is 0 Å². The third-order valence-electron chi connectivity index (χ3n) is 2.63. The van der Waals surface area contributed by atoms with Gasteiger partial charge in [-0.3, -0.25) is 9.36 Å². The van der Waals surface area contributed by atoms with Gasteiger partial charge >= 0.3 is 13.6 Å². The summed E-state index contributed by atoms with van der Waals surface area (Å²) in [6, 6.07) is 3.36. The Kier molecular flexibility index (Phi) is 7.72. The Hall–Kier alpha value is -1.10. The third kappa shape index (κ3) is 6.04. The van der Waals surface area contributed by atoms with Crippen molar-refractivity contribution in [3.8, 4) is 0 Å². The monoisotopic (exact) mass is 318 g/mol. The number of ether oxygens (including phenoxy) is 1. The molecule has 1 atom stereocenters. The molecular weight excluding hydrogens is 295 g/mol. The molecule has 120 valence electrons. The average molecular weight is 318 g/mol. The van der Waals surface area contributed by atoms with E-state index in [0.29, 0.717) is 18.6 Å². The first-order valence-electron chi connectivity index (χ1n) is 7.15. The van der Waals surface area contributed by atoms with Crippen LogP contribution < -0.4 is 0 Å². The molecule has 7 heteroatoms. The van der Waals surface area contributed by atoms with Crippen LogP contribution in [0.1, 0.15) is 45.5 Å². The summed E-state index contributed by atoms with van der Waals surface area (Å²) < 4.78 is 33.7. The zero-order chi connectivity index (χ0) is 15.7. The number of rotatable bonds is 10. The van der Waals surface area contributed by atoms with Gasteiger partial charge in [0.25, 0.3) is 0 Å². The van der Waals surface area contributed by atoms with Gasteiger partial charge in [0.1, 0.15) is 5.76 Å². The summed E-state index contributed by atoms with van der Waals surface area (Å²) in [5.41, 5.74) is 0. The van der Waals surface area contributed by atoms with Gasteiger partial charge in [-0.1, -0.05) is 6.92 Å². The minimum Gasteiger partial charge on any atom is -0.465 e. The van der Waals surface area contributed by atoms with Crippen LogP contribution in [-0.4, -0.2) is 25.3 Å². The first-order valence-corrected chi connectivity index (χ1v) is 8.88. The van der Waals surface area contributed by atoms with E-state index in [1.54, 1.807) is 26.0 Å². The number of carbonyl (C=O) groups excluding carboxylic acids is 1. The SMILES string of the molecule is CCCC(=O)O[C@@H](CP(=O)(OCC)OCC)c1ccco1. The molecule has 0 radical (unpaired) electrons. The minimum absolute atomic E-state index is 0.0579. The van der Waals surface area contributed by atoms with Gasteiger partial charge < -0.3 is 18.2 Å². The lowest BCUT2D eigenvalue weighted by molar-refractivity contribution is -0.149. The first-order chi connectivity index (χ1) is 10.0. The zero-order valence-electron chi connectivity index (χ0n) is 12.7. The fourth-order valence-corrected chi connectivity index (χ4v) is 3.55. The lowest BCUT2D eigenvalue weighted by atomic mass is 10.3. The number of carbonyl (C=O) groups is 1. The van der Waals surface area contributed by atoms with Gasteiger partial charge in [-0.15, -0.1) is 0 Å². The summed E-state index contributed by atoms with van der Waals surface area (Å²) in [5, 5.41) is 0. The molecule has 0 aliphatic heterocycles. The minimum atomic E-state index is -3.33. The van der Waals surface area contributed by atoms with Crippen LogP contribution in [0.4, 0.5) is 0 Å². The van der Waals surface area contributed by atoms with Gasteiger partial charge in [0, 0.05) is 6.42 Å². The highest BCUT2D eigenvalue weighted by Gasteiger charge is 2.33. The predicted octanol–water partition coefficient (Wildman–Crippen LogP) is 3.93. The molecule has 21 heavy (non-hydrogen) atoms. The summed E-state index contributed by atoms with van der Waals surface area (Å²) in [6.07, 6.45) is 1.62. The molecular formula is C14H23O6P. The molecule has 6 nitrogen and oxygen atoms in total. The van der Waals surface area contributed by atoms with Crippen molar-refractivity contribution in [1.29, 1.82) is 0 Å². The first kappa shape index (κ1) is 18.0. The van der Waals surface area contributed by atoms with Crippen molar-refractivity contribution in [2.45, 2.75) is 39.7 Å². The van der Waals surface area contributed by atoms with Crippen molar-refractivity contribution < 1.29 is 27.6 Å². The van der Waals surface area contributed by atoms with E-state index < -0.39 is 13.7 Å². The fourth-order valence-electron chi connectivity index (χ4n) is 1.82. The Balaban J connectivity index is 2.85. The van der Waals surface area contributed by atoms with Crippen molar-refractivity contribution >= 4 is 13.6 Å². The zero-order valence-corrected chi connectivity index (χ0v) is 13.6. The Morgan fingerprint density at radius 2 is 1.95 bits per heavy atom. The van der Waals surface area contributed by atoms with Crippen LogP contribution in [0.5, 0.6) is 0 Å². The van der Waals surface area contributed by atoms with Gasteiger partial charge in [0.05, 0.1) is 25.6 Å². The van der Waals surface area contributed by atoms with E-state index in [0.717, 1.165) is 0 Å². The molecule has 0 aliphatic rings. The number of furan rings is 1. The van der Waals surface area contributed by atoms with Gasteiger partial charge in [-0.2, -0.15) is 0 Å². The summed E-state index contributed by atoms with van der Waals surface area (Å²) in [5.74, 6) is 0.0672. The normalized spacial score (nSPS) is 13.1. The van der Waals surface area contributed by atoms with Crippen LogP contribution in [-0.2, 0) is 23.1 Å². The standard InChI is InChI=1S/C14H23O6P/c1-4-8-14(15)20-13(12-9-7-10-17-12)11-21(16,18-5-2)19-6-3/h7,9-10,13H,4-6,8,11H2,1-3H3/t13-/m0/s1. The fraction of sp³-hybridized carbons (Fsp3) is 0.643. The average Bonchev–Trinajstić information content (AvgIpc) is 2.92. The Bertz CT molecular complexity index is 446. The third-order valence-corrected chi connectivity index (χ3v) is 4.71. The van der Waals surface area contributed by atoms with E-state index in [1.165, 1.54) is 6.26 Å². The number of hydrogen-bond donors (Lipinski definition) is 0. The smallest absolute Gasteiger partial charge is 0.334 e. The van der Waals surface area contributed by atoms with Gasteiger partial charge in [0.15, 0.2) is 6.10 Å². The van der Waals surface area contributed by atoms with Crippen LogP contribution in [0, 0.1) is 0 Å². The quantitative estimate of drug-likeness (QED) is 0.480. The van der Waals surface area contributed by atoms with E-state index in [9.17, 15) is 9.36 Å². The maximum absolute atomic E-state index is 12.6. The van der Waals surface area contributed by atoms with Gasteiger partial charge in [0.2, 0.25) is 0 Å². The Morgan fingerprint density at radius 3 is 2.43 bits per heavy atom. The highest BCUT2D eigenvalue weighted by Crippen LogP contribution is 2.51. The molecule has 1 aromatic heterocycles. The summed E-state index contributed by atoms with van der Waals surface area (Å²) in [6.45, 7) is 5.86. The molecule has 0 saturated heterocycles. The van der Waals surface area contributed by atoms with Crippen LogP contribution in [0.3, 0.4) is 0 Å². The van der Waals surface area contributed by atoms with Gasteiger partial charge in [-0.05, 0) is 32.4 Å². The predicted molar refractivity (Wildman–Crippen MR) is 78.2 cm³/mol. The molecule has 1 rings (SSSR count). The summed E-state index contributed by atoms with van der Waals surface area (Å²) in [4.78, 5) is 11.7. The van der Waals surface area contributed by atoms with Crippen molar-refractivity contribution in [2.75, 3.05) is 19.4 Å². The van der Waals surface area contributed by atoms with E-state index in [4.69, 9.17) is 18.2 Å². The maximum Gasteiger partial charge on any atom is 0.334 e. The molecule has 0 N–H and O–H groups in total. The molecule has 1 aromatic rings. The lowest BCUT2D eigenvalue weighted by Gasteiger charge is -2.22. The van der Waals surface area contributed by atoms with Crippen molar-refractivity contribution in [2.24, 2.45) is 0 Å². The molecule has 0 saturated carbocycles. The summed E-state index contributed by atoms with van der Waals surface area (Å²) in [7, 11) is -3.33. The van der Waals surface area contributed by atoms with Crippen molar-refractivity contribution in [1.82, 2.24) is 0 Å². The van der Waals surface area contributed by atoms with Crippen LogP contribution in [0.15, 0.2) is 22.8 Å². The topological polar surface area (TPSA) is 75.0 Å². The van der Waals surface area contributed by atoms with Crippen molar-refractivity contribution in [3.05, 3.63) is 24.2 Å². The maximum atomic E-state index is 12.6. The van der Waals surface area contributed by atoms with Gasteiger partial charge in [-0.25, -0.2) is 0 Å². The molecule has 0 aliphatic carbocycles. The highest BCUT2D eigenvalue weighted by atomic mass is 31.2. The molecule has 0 bridgehead atoms. The van der Waals surface area contributed by atoms with Crippen LogP contribution in [0.25, 0.3) is 0 Å². The van der Waals surface area contributed by atoms with E-state index >= 15 is 0 Å². The Labute approximate surface area is 125 Å². The molecule has 0 spiro atoms. The second kappa shape index (κ2) is 9.03. The van der Waals surface area contributed by atoms with E-state index in [1.807, 2.05) is 6.92 Å². The van der Waals surface area contributed by atoms with Crippen LogP contribution >= 0.6 is 7.60 Å².